The highest BCUT2D eigenvalue weighted by Crippen LogP contribution is 2.32. The summed E-state index contributed by atoms with van der Waals surface area (Å²) >= 11 is 1.73. The molecule has 0 bridgehead atoms. The fraction of sp³-hybridized carbons (Fsp3) is 0.0769. The fourth-order valence-electron chi connectivity index (χ4n) is 1.90. The monoisotopic (exact) mass is 244 g/mol. The smallest absolute Gasteiger partial charge is 0.127 e. The number of furan rings is 1. The Labute approximate surface area is 103 Å². The van der Waals surface area contributed by atoms with Crippen LogP contribution in [0.15, 0.2) is 53.1 Å². The van der Waals surface area contributed by atoms with E-state index in [4.69, 9.17) is 10.3 Å². The molecule has 3 aromatic rings. The average Bonchev–Trinajstić information content (AvgIpc) is 2.98. The predicted octanol–water partition coefficient (Wildman–Crippen LogP) is 3.05. The van der Waals surface area contributed by atoms with Crippen molar-refractivity contribution in [2.24, 2.45) is 5.84 Å². The van der Waals surface area contributed by atoms with Crippen molar-refractivity contribution < 1.29 is 4.42 Å². The molecular weight excluding hydrogens is 232 g/mol. The molecule has 4 heteroatoms. The van der Waals surface area contributed by atoms with Gasteiger partial charge in [-0.15, -0.1) is 11.3 Å². The second-order valence-electron chi connectivity index (χ2n) is 3.80. The minimum atomic E-state index is -0.0811. The van der Waals surface area contributed by atoms with Crippen LogP contribution < -0.4 is 11.3 Å². The lowest BCUT2D eigenvalue weighted by molar-refractivity contribution is 0.455. The first-order valence-electron chi connectivity index (χ1n) is 5.36. The van der Waals surface area contributed by atoms with Crippen LogP contribution in [0.1, 0.15) is 16.7 Å². The molecule has 17 heavy (non-hydrogen) atoms. The van der Waals surface area contributed by atoms with Crippen LogP contribution >= 0.6 is 11.3 Å². The number of hydrogen-bond acceptors (Lipinski definition) is 4. The highest BCUT2D eigenvalue weighted by atomic mass is 32.1. The Kier molecular flexibility index (Phi) is 2.68. The minimum absolute atomic E-state index is 0.0811. The lowest BCUT2D eigenvalue weighted by Gasteiger charge is -2.10. The van der Waals surface area contributed by atoms with Gasteiger partial charge in [0, 0.05) is 9.58 Å². The molecule has 3 nitrogen and oxygen atoms in total. The van der Waals surface area contributed by atoms with Gasteiger partial charge in [-0.25, -0.2) is 5.43 Å². The van der Waals surface area contributed by atoms with Crippen molar-refractivity contribution in [2.75, 3.05) is 0 Å². The predicted molar refractivity (Wildman–Crippen MR) is 69.7 cm³/mol. The van der Waals surface area contributed by atoms with Crippen LogP contribution in [0, 0.1) is 0 Å². The average molecular weight is 244 g/mol. The van der Waals surface area contributed by atoms with Gasteiger partial charge < -0.3 is 4.42 Å². The standard InChI is InChI=1S/C13H12N2OS/c14-15-13(10-5-3-7-16-10)12-8-9-4-1-2-6-11(9)17-12/h1-8,13,15H,14H2. The van der Waals surface area contributed by atoms with Crippen molar-refractivity contribution >= 4 is 21.4 Å². The molecule has 86 valence electrons. The molecule has 1 atom stereocenters. The number of fused-ring (bicyclic) bond motifs is 1. The number of rotatable bonds is 3. The Hall–Kier alpha value is -1.62. The van der Waals surface area contributed by atoms with Gasteiger partial charge in [0.05, 0.1) is 6.26 Å². The number of benzene rings is 1. The van der Waals surface area contributed by atoms with Gasteiger partial charge in [-0.1, -0.05) is 18.2 Å². The van der Waals surface area contributed by atoms with E-state index < -0.39 is 0 Å². The quantitative estimate of drug-likeness (QED) is 0.550. The van der Waals surface area contributed by atoms with Crippen LogP contribution in [0.5, 0.6) is 0 Å². The summed E-state index contributed by atoms with van der Waals surface area (Å²) in [5.74, 6) is 6.45. The molecule has 2 aromatic heterocycles. The summed E-state index contributed by atoms with van der Waals surface area (Å²) in [7, 11) is 0. The van der Waals surface area contributed by atoms with E-state index >= 15 is 0 Å². The number of hydrogen-bond donors (Lipinski definition) is 2. The molecule has 0 saturated carbocycles. The van der Waals surface area contributed by atoms with E-state index in [1.54, 1.807) is 17.6 Å². The molecule has 1 aromatic carbocycles. The molecule has 0 radical (unpaired) electrons. The maximum absolute atomic E-state index is 5.61. The molecule has 0 saturated heterocycles. The van der Waals surface area contributed by atoms with Crippen LogP contribution in [0.25, 0.3) is 10.1 Å². The van der Waals surface area contributed by atoms with Crippen LogP contribution in [0.3, 0.4) is 0 Å². The van der Waals surface area contributed by atoms with Gasteiger partial charge in [-0.05, 0) is 29.7 Å². The Morgan fingerprint density at radius 3 is 2.76 bits per heavy atom. The van der Waals surface area contributed by atoms with Gasteiger partial charge in [0.2, 0.25) is 0 Å². The second kappa shape index (κ2) is 4.33. The van der Waals surface area contributed by atoms with E-state index in [0.29, 0.717) is 0 Å². The van der Waals surface area contributed by atoms with Crippen LogP contribution in [0.4, 0.5) is 0 Å². The van der Waals surface area contributed by atoms with Crippen LogP contribution in [-0.4, -0.2) is 0 Å². The van der Waals surface area contributed by atoms with E-state index in [2.05, 4.69) is 23.6 Å². The molecule has 0 aliphatic carbocycles. The first-order valence-corrected chi connectivity index (χ1v) is 6.18. The van der Waals surface area contributed by atoms with Gasteiger partial charge in [0.1, 0.15) is 11.8 Å². The van der Waals surface area contributed by atoms with Crippen molar-refractivity contribution in [2.45, 2.75) is 6.04 Å². The lowest BCUT2D eigenvalue weighted by atomic mass is 10.1. The van der Waals surface area contributed by atoms with Gasteiger partial charge in [-0.3, -0.25) is 5.84 Å². The maximum Gasteiger partial charge on any atom is 0.127 e. The number of nitrogens with two attached hydrogens (primary N) is 1. The van der Waals surface area contributed by atoms with Gasteiger partial charge in [0.25, 0.3) is 0 Å². The number of nitrogens with one attached hydrogen (secondary N) is 1. The van der Waals surface area contributed by atoms with Crippen molar-refractivity contribution in [1.82, 2.24) is 5.43 Å². The minimum Gasteiger partial charge on any atom is -0.467 e. The molecule has 0 amide bonds. The molecule has 0 fully saturated rings. The SMILES string of the molecule is NNC(c1ccco1)c1cc2ccccc2s1. The zero-order valence-corrected chi connectivity index (χ0v) is 9.91. The summed E-state index contributed by atoms with van der Waals surface area (Å²) in [6, 6.07) is 14.2. The first-order chi connectivity index (χ1) is 8.38. The zero-order valence-electron chi connectivity index (χ0n) is 9.09. The third-order valence-electron chi connectivity index (χ3n) is 2.72. The molecule has 0 spiro atoms. The molecule has 2 heterocycles. The second-order valence-corrected chi connectivity index (χ2v) is 4.92. The Morgan fingerprint density at radius 1 is 1.18 bits per heavy atom. The van der Waals surface area contributed by atoms with E-state index in [-0.39, 0.29) is 6.04 Å². The van der Waals surface area contributed by atoms with E-state index in [1.165, 1.54) is 10.1 Å². The largest absolute Gasteiger partial charge is 0.467 e. The fourth-order valence-corrected chi connectivity index (χ4v) is 3.04. The topological polar surface area (TPSA) is 51.2 Å². The summed E-state index contributed by atoms with van der Waals surface area (Å²) in [6.07, 6.45) is 1.66. The molecule has 3 rings (SSSR count). The van der Waals surface area contributed by atoms with E-state index in [9.17, 15) is 0 Å². The Balaban J connectivity index is 2.07. The highest BCUT2D eigenvalue weighted by Gasteiger charge is 2.17. The van der Waals surface area contributed by atoms with E-state index in [1.807, 2.05) is 24.3 Å². The third kappa shape index (κ3) is 1.86. The lowest BCUT2D eigenvalue weighted by Crippen LogP contribution is -2.27. The van der Waals surface area contributed by atoms with Crippen LogP contribution in [0.2, 0.25) is 0 Å². The van der Waals surface area contributed by atoms with Crippen molar-refractivity contribution in [3.8, 4) is 0 Å². The van der Waals surface area contributed by atoms with Crippen molar-refractivity contribution in [1.29, 1.82) is 0 Å². The molecule has 3 N–H and O–H groups in total. The van der Waals surface area contributed by atoms with Gasteiger partial charge in [-0.2, -0.15) is 0 Å². The maximum atomic E-state index is 5.61. The Bertz CT molecular complexity index is 582. The Morgan fingerprint density at radius 2 is 2.06 bits per heavy atom. The van der Waals surface area contributed by atoms with Crippen molar-refractivity contribution in [3.05, 3.63) is 59.4 Å². The number of hydrazine groups is 1. The summed E-state index contributed by atoms with van der Waals surface area (Å²) in [6.45, 7) is 0. The van der Waals surface area contributed by atoms with Gasteiger partial charge >= 0.3 is 0 Å². The summed E-state index contributed by atoms with van der Waals surface area (Å²) in [5.41, 5.74) is 2.80. The van der Waals surface area contributed by atoms with Gasteiger partial charge in [0.15, 0.2) is 0 Å². The van der Waals surface area contributed by atoms with Crippen LogP contribution in [-0.2, 0) is 0 Å². The summed E-state index contributed by atoms with van der Waals surface area (Å²) in [5, 5.41) is 1.24. The molecule has 0 aliphatic heterocycles. The third-order valence-corrected chi connectivity index (χ3v) is 3.90. The first kappa shape index (κ1) is 10.5. The zero-order chi connectivity index (χ0) is 11.7. The highest BCUT2D eigenvalue weighted by molar-refractivity contribution is 7.19. The molecule has 1 unspecified atom stereocenters. The summed E-state index contributed by atoms with van der Waals surface area (Å²) in [4.78, 5) is 1.16. The molecule has 0 aliphatic rings. The van der Waals surface area contributed by atoms with Crippen molar-refractivity contribution in [3.63, 3.8) is 0 Å². The van der Waals surface area contributed by atoms with E-state index in [0.717, 1.165) is 10.6 Å². The number of thiophene rings is 1. The summed E-state index contributed by atoms with van der Waals surface area (Å²) < 4.78 is 6.66. The normalized spacial score (nSPS) is 13.0. The molecular formula is C13H12N2OS.